The van der Waals surface area contributed by atoms with Crippen molar-refractivity contribution in [2.24, 2.45) is 0 Å². The molecule has 0 spiro atoms. The van der Waals surface area contributed by atoms with Gasteiger partial charge in [0.05, 0.1) is 18.7 Å². The van der Waals surface area contributed by atoms with Gasteiger partial charge < -0.3 is 9.52 Å². The van der Waals surface area contributed by atoms with E-state index in [-0.39, 0.29) is 0 Å². The van der Waals surface area contributed by atoms with Crippen molar-refractivity contribution in [2.45, 2.75) is 32.4 Å². The minimum absolute atomic E-state index is 0.482. The summed E-state index contributed by atoms with van der Waals surface area (Å²) in [5.74, 6) is 0.233. The van der Waals surface area contributed by atoms with Gasteiger partial charge in [0, 0.05) is 19.5 Å². The first-order valence-electron chi connectivity index (χ1n) is 7.14. The first kappa shape index (κ1) is 13.8. The van der Waals surface area contributed by atoms with Gasteiger partial charge in [0.25, 0.3) is 0 Å². The Hall–Kier alpha value is -2.14. The number of carbonyl (C=O) groups is 1. The van der Waals surface area contributed by atoms with Gasteiger partial charge in [-0.2, -0.15) is 0 Å². The molecular formula is C16H18N2O3. The lowest BCUT2D eigenvalue weighted by Crippen LogP contribution is -2.36. The second kappa shape index (κ2) is 5.69. The van der Waals surface area contributed by atoms with Crippen LogP contribution in [0.25, 0.3) is 0 Å². The number of carboxylic acids is 1. The van der Waals surface area contributed by atoms with E-state index in [9.17, 15) is 9.90 Å². The average molecular weight is 286 g/mol. The van der Waals surface area contributed by atoms with Crippen LogP contribution in [0.5, 0.6) is 0 Å². The van der Waals surface area contributed by atoms with Gasteiger partial charge in [-0.15, -0.1) is 0 Å². The van der Waals surface area contributed by atoms with Crippen LogP contribution >= 0.6 is 0 Å². The van der Waals surface area contributed by atoms with E-state index in [0.717, 1.165) is 29.9 Å². The Balaban J connectivity index is 1.81. The number of aliphatic carboxylic acids is 1. The second-order valence-corrected chi connectivity index (χ2v) is 5.33. The molecule has 1 unspecified atom stereocenters. The molecule has 1 aliphatic rings. The van der Waals surface area contributed by atoms with Crippen LogP contribution in [-0.4, -0.2) is 27.5 Å². The van der Waals surface area contributed by atoms with Crippen LogP contribution in [0.4, 0.5) is 0 Å². The van der Waals surface area contributed by atoms with E-state index in [2.05, 4.69) is 9.88 Å². The number of aromatic nitrogens is 1. The van der Waals surface area contributed by atoms with Crippen LogP contribution in [0.15, 0.2) is 34.9 Å². The Labute approximate surface area is 123 Å². The molecule has 5 nitrogen and oxygen atoms in total. The maximum atomic E-state index is 11.5. The number of hydrogen-bond donors (Lipinski definition) is 1. The van der Waals surface area contributed by atoms with Crippen LogP contribution in [-0.2, 0) is 24.3 Å². The molecule has 0 bridgehead atoms. The first-order chi connectivity index (χ1) is 10.2. The molecule has 1 aromatic carbocycles. The zero-order chi connectivity index (χ0) is 14.8. The Morgan fingerprint density at radius 1 is 1.48 bits per heavy atom. The quantitative estimate of drug-likeness (QED) is 0.935. The summed E-state index contributed by atoms with van der Waals surface area (Å²) in [6, 6.07) is 7.74. The SMILES string of the molecule is CCc1cnc(CN2Cc3ccccc3C(C(=O)O)C2)o1. The molecule has 2 heterocycles. The Morgan fingerprint density at radius 3 is 3.00 bits per heavy atom. The van der Waals surface area contributed by atoms with Crippen molar-refractivity contribution in [1.29, 1.82) is 0 Å². The molecule has 1 aromatic heterocycles. The van der Waals surface area contributed by atoms with E-state index in [1.807, 2.05) is 31.2 Å². The lowest BCUT2D eigenvalue weighted by atomic mass is 9.90. The highest BCUT2D eigenvalue weighted by molar-refractivity contribution is 5.77. The van der Waals surface area contributed by atoms with Crippen LogP contribution in [0.3, 0.4) is 0 Å². The van der Waals surface area contributed by atoms with Gasteiger partial charge in [-0.05, 0) is 11.1 Å². The maximum absolute atomic E-state index is 11.5. The minimum atomic E-state index is -0.784. The third-order valence-corrected chi connectivity index (χ3v) is 3.87. The highest BCUT2D eigenvalue weighted by Gasteiger charge is 2.30. The van der Waals surface area contributed by atoms with Crippen molar-refractivity contribution in [3.8, 4) is 0 Å². The number of fused-ring (bicyclic) bond motifs is 1. The molecule has 3 rings (SSSR count). The normalized spacial score (nSPS) is 18.4. The average Bonchev–Trinajstić information content (AvgIpc) is 2.94. The molecule has 21 heavy (non-hydrogen) atoms. The van der Waals surface area contributed by atoms with Gasteiger partial charge in [0.15, 0.2) is 0 Å². The van der Waals surface area contributed by atoms with Gasteiger partial charge in [-0.3, -0.25) is 9.69 Å². The molecule has 0 saturated carbocycles. The van der Waals surface area contributed by atoms with Gasteiger partial charge in [0.2, 0.25) is 5.89 Å². The number of oxazole rings is 1. The number of aryl methyl sites for hydroxylation is 1. The van der Waals surface area contributed by atoms with Crippen molar-refractivity contribution >= 4 is 5.97 Å². The molecule has 1 N–H and O–H groups in total. The summed E-state index contributed by atoms with van der Waals surface area (Å²) in [6.07, 6.45) is 2.55. The minimum Gasteiger partial charge on any atom is -0.481 e. The summed E-state index contributed by atoms with van der Waals surface area (Å²) in [5, 5.41) is 9.45. The number of nitrogens with zero attached hydrogens (tertiary/aromatic N) is 2. The predicted molar refractivity (Wildman–Crippen MR) is 76.8 cm³/mol. The smallest absolute Gasteiger partial charge is 0.312 e. The summed E-state index contributed by atoms with van der Waals surface area (Å²) in [7, 11) is 0. The summed E-state index contributed by atoms with van der Waals surface area (Å²) >= 11 is 0. The summed E-state index contributed by atoms with van der Waals surface area (Å²) in [5.41, 5.74) is 1.99. The number of hydrogen-bond acceptors (Lipinski definition) is 4. The van der Waals surface area contributed by atoms with E-state index < -0.39 is 11.9 Å². The standard InChI is InChI=1S/C16H18N2O3/c1-2-12-7-17-15(21-12)10-18-8-11-5-3-4-6-13(11)14(9-18)16(19)20/h3-7,14H,2,8-10H2,1H3,(H,19,20). The lowest BCUT2D eigenvalue weighted by Gasteiger charge is -2.31. The Kier molecular flexibility index (Phi) is 3.75. The molecule has 110 valence electrons. The largest absolute Gasteiger partial charge is 0.481 e. The lowest BCUT2D eigenvalue weighted by molar-refractivity contribution is -0.139. The van der Waals surface area contributed by atoms with E-state index in [1.165, 1.54) is 0 Å². The molecule has 5 heteroatoms. The highest BCUT2D eigenvalue weighted by Crippen LogP contribution is 2.29. The van der Waals surface area contributed by atoms with Crippen LogP contribution in [0.2, 0.25) is 0 Å². The molecule has 1 atom stereocenters. The number of benzene rings is 1. The zero-order valence-corrected chi connectivity index (χ0v) is 12.0. The fourth-order valence-corrected chi connectivity index (χ4v) is 2.79. The molecular weight excluding hydrogens is 268 g/mol. The third-order valence-electron chi connectivity index (χ3n) is 3.87. The second-order valence-electron chi connectivity index (χ2n) is 5.33. The molecule has 0 aliphatic carbocycles. The van der Waals surface area contributed by atoms with E-state index in [1.54, 1.807) is 6.20 Å². The summed E-state index contributed by atoms with van der Waals surface area (Å²) in [4.78, 5) is 17.8. The molecule has 0 radical (unpaired) electrons. The number of rotatable bonds is 4. The summed E-state index contributed by atoms with van der Waals surface area (Å²) < 4.78 is 5.62. The molecule has 0 fully saturated rings. The highest BCUT2D eigenvalue weighted by atomic mass is 16.4. The van der Waals surface area contributed by atoms with Crippen LogP contribution in [0.1, 0.15) is 35.6 Å². The van der Waals surface area contributed by atoms with Crippen molar-refractivity contribution in [2.75, 3.05) is 6.54 Å². The molecule has 1 aliphatic heterocycles. The first-order valence-corrected chi connectivity index (χ1v) is 7.14. The van der Waals surface area contributed by atoms with Crippen LogP contribution < -0.4 is 0 Å². The maximum Gasteiger partial charge on any atom is 0.312 e. The predicted octanol–water partition coefficient (Wildman–Crippen LogP) is 2.42. The van der Waals surface area contributed by atoms with E-state index >= 15 is 0 Å². The molecule has 2 aromatic rings. The van der Waals surface area contributed by atoms with Crippen molar-refractivity contribution in [3.63, 3.8) is 0 Å². The zero-order valence-electron chi connectivity index (χ0n) is 12.0. The van der Waals surface area contributed by atoms with E-state index in [0.29, 0.717) is 19.0 Å². The molecule has 0 amide bonds. The van der Waals surface area contributed by atoms with Crippen molar-refractivity contribution in [3.05, 3.63) is 53.2 Å². The van der Waals surface area contributed by atoms with Gasteiger partial charge in [-0.25, -0.2) is 4.98 Å². The molecule has 0 saturated heterocycles. The van der Waals surface area contributed by atoms with Crippen molar-refractivity contribution in [1.82, 2.24) is 9.88 Å². The fraction of sp³-hybridized carbons (Fsp3) is 0.375. The van der Waals surface area contributed by atoms with Gasteiger partial charge in [-0.1, -0.05) is 31.2 Å². The van der Waals surface area contributed by atoms with Gasteiger partial charge in [0.1, 0.15) is 5.76 Å². The van der Waals surface area contributed by atoms with Gasteiger partial charge >= 0.3 is 5.97 Å². The topological polar surface area (TPSA) is 66.6 Å². The fourth-order valence-electron chi connectivity index (χ4n) is 2.79. The summed E-state index contributed by atoms with van der Waals surface area (Å²) in [6.45, 7) is 3.76. The van der Waals surface area contributed by atoms with Crippen LogP contribution in [0, 0.1) is 0 Å². The number of carboxylic acid groups (broad SMARTS) is 1. The Morgan fingerprint density at radius 2 is 2.29 bits per heavy atom. The Bertz CT molecular complexity index is 650. The van der Waals surface area contributed by atoms with Crippen molar-refractivity contribution < 1.29 is 14.3 Å². The van der Waals surface area contributed by atoms with E-state index in [4.69, 9.17) is 4.42 Å². The monoisotopic (exact) mass is 286 g/mol. The third kappa shape index (κ3) is 2.83.